The van der Waals surface area contributed by atoms with Gasteiger partial charge in [-0.1, -0.05) is 42.5 Å². The predicted molar refractivity (Wildman–Crippen MR) is 104 cm³/mol. The van der Waals surface area contributed by atoms with Gasteiger partial charge in [-0.3, -0.25) is 10.1 Å². The third-order valence-corrected chi connectivity index (χ3v) is 3.69. The van der Waals surface area contributed by atoms with Crippen LogP contribution in [0.1, 0.15) is 32.4 Å². The van der Waals surface area contributed by atoms with Crippen molar-refractivity contribution < 1.29 is 29.1 Å². The average Bonchev–Trinajstić information content (AvgIpc) is 2.64. The first-order chi connectivity index (χ1) is 13.6. The van der Waals surface area contributed by atoms with Gasteiger partial charge in [-0.05, 0) is 32.4 Å². The fourth-order valence-electron chi connectivity index (χ4n) is 2.52. The lowest BCUT2D eigenvalue weighted by atomic mass is 10.0. The number of carboxylic acids is 1. The van der Waals surface area contributed by atoms with E-state index in [2.05, 4.69) is 5.32 Å². The summed E-state index contributed by atoms with van der Waals surface area (Å²) < 4.78 is 10.9. The number of nitro groups is 1. The summed E-state index contributed by atoms with van der Waals surface area (Å²) in [7, 11) is 0. The number of nitrogens with one attached hydrogen (secondary N) is 1. The van der Waals surface area contributed by atoms with Gasteiger partial charge in [0.05, 0.1) is 4.92 Å². The van der Waals surface area contributed by atoms with E-state index in [1.807, 2.05) is 0 Å². The number of nitrogens with zero attached hydrogens (tertiary/aromatic N) is 1. The molecule has 29 heavy (non-hydrogen) atoms. The summed E-state index contributed by atoms with van der Waals surface area (Å²) in [6.45, 7) is 4.92. The van der Waals surface area contributed by atoms with E-state index < -0.39 is 34.7 Å². The molecule has 0 aromatic heterocycles. The lowest BCUT2D eigenvalue weighted by Crippen LogP contribution is -2.48. The standard InChI is InChI=1S/C20H22N2O7/c1-20(2,3)29-19(25)21-16(18(23)24)17(13-9-5-4-6-10-13)28-15-12-8-7-11-14(15)22(26)27/h4-12,16-17H,1-3H3,(H,21,25)(H,23,24). The molecular weight excluding hydrogens is 380 g/mol. The second-order valence-corrected chi connectivity index (χ2v) is 7.14. The molecule has 0 saturated carbocycles. The van der Waals surface area contributed by atoms with Gasteiger partial charge in [0.25, 0.3) is 0 Å². The number of carbonyl (C=O) groups excluding carboxylic acids is 1. The van der Waals surface area contributed by atoms with Gasteiger partial charge in [0.15, 0.2) is 17.9 Å². The van der Waals surface area contributed by atoms with Gasteiger partial charge in [-0.25, -0.2) is 9.59 Å². The topological polar surface area (TPSA) is 128 Å². The summed E-state index contributed by atoms with van der Waals surface area (Å²) in [4.78, 5) is 34.8. The molecule has 9 heteroatoms. The maximum absolute atomic E-state index is 12.2. The molecule has 154 valence electrons. The Balaban J connectivity index is 2.42. The molecule has 0 fully saturated rings. The highest BCUT2D eigenvalue weighted by molar-refractivity contribution is 5.81. The molecule has 0 heterocycles. The summed E-state index contributed by atoms with van der Waals surface area (Å²) in [6.07, 6.45) is -2.20. The quantitative estimate of drug-likeness (QED) is 0.534. The lowest BCUT2D eigenvalue weighted by molar-refractivity contribution is -0.386. The molecule has 0 aliphatic rings. The number of ether oxygens (including phenoxy) is 2. The van der Waals surface area contributed by atoms with Crippen molar-refractivity contribution in [2.24, 2.45) is 0 Å². The van der Waals surface area contributed by atoms with Crippen molar-refractivity contribution in [2.75, 3.05) is 0 Å². The van der Waals surface area contributed by atoms with E-state index in [-0.39, 0.29) is 11.4 Å². The van der Waals surface area contributed by atoms with E-state index in [0.29, 0.717) is 5.56 Å². The van der Waals surface area contributed by atoms with Crippen molar-refractivity contribution in [1.29, 1.82) is 0 Å². The maximum atomic E-state index is 12.2. The molecule has 0 bridgehead atoms. The monoisotopic (exact) mass is 402 g/mol. The molecule has 0 spiro atoms. The molecular formula is C20H22N2O7. The molecule has 2 unspecified atom stereocenters. The van der Waals surface area contributed by atoms with E-state index in [0.717, 1.165) is 0 Å². The minimum Gasteiger partial charge on any atom is -0.480 e. The zero-order chi connectivity index (χ0) is 21.6. The largest absolute Gasteiger partial charge is 0.480 e. The molecule has 0 aliphatic heterocycles. The van der Waals surface area contributed by atoms with E-state index in [4.69, 9.17) is 9.47 Å². The normalized spacial score (nSPS) is 13.1. The number of rotatable bonds is 7. The highest BCUT2D eigenvalue weighted by atomic mass is 16.6. The Labute approximate surface area is 167 Å². The first kappa shape index (κ1) is 21.7. The molecule has 0 radical (unpaired) electrons. The smallest absolute Gasteiger partial charge is 0.408 e. The van der Waals surface area contributed by atoms with Crippen molar-refractivity contribution in [2.45, 2.75) is 38.5 Å². The van der Waals surface area contributed by atoms with Crippen LogP contribution in [0.3, 0.4) is 0 Å². The third-order valence-electron chi connectivity index (χ3n) is 3.69. The number of carbonyl (C=O) groups is 2. The molecule has 2 aromatic rings. The van der Waals surface area contributed by atoms with Crippen LogP contribution in [-0.4, -0.2) is 33.7 Å². The molecule has 2 aromatic carbocycles. The summed E-state index contributed by atoms with van der Waals surface area (Å²) >= 11 is 0. The Morgan fingerprint density at radius 3 is 2.21 bits per heavy atom. The van der Waals surface area contributed by atoms with E-state index in [1.165, 1.54) is 24.3 Å². The van der Waals surface area contributed by atoms with Crippen molar-refractivity contribution >= 4 is 17.7 Å². The van der Waals surface area contributed by atoms with Crippen molar-refractivity contribution in [1.82, 2.24) is 5.32 Å². The number of hydrogen-bond acceptors (Lipinski definition) is 6. The number of alkyl carbamates (subject to hydrolysis) is 1. The third kappa shape index (κ3) is 6.20. The van der Waals surface area contributed by atoms with Crippen LogP contribution in [-0.2, 0) is 9.53 Å². The van der Waals surface area contributed by atoms with Crippen LogP contribution >= 0.6 is 0 Å². The van der Waals surface area contributed by atoms with Crippen LogP contribution in [0.5, 0.6) is 5.75 Å². The van der Waals surface area contributed by atoms with Gasteiger partial charge in [0, 0.05) is 6.07 Å². The summed E-state index contributed by atoms with van der Waals surface area (Å²) in [5, 5.41) is 23.3. The fraction of sp³-hybridized carbons (Fsp3) is 0.300. The zero-order valence-corrected chi connectivity index (χ0v) is 16.2. The Morgan fingerprint density at radius 2 is 1.66 bits per heavy atom. The number of aliphatic carboxylic acids is 1. The Kier molecular flexibility index (Phi) is 6.76. The number of amides is 1. The van der Waals surface area contributed by atoms with Crippen molar-refractivity contribution in [3.8, 4) is 5.75 Å². The molecule has 9 nitrogen and oxygen atoms in total. The molecule has 2 atom stereocenters. The molecule has 2 rings (SSSR count). The van der Waals surface area contributed by atoms with Gasteiger partial charge < -0.3 is 19.9 Å². The molecule has 0 aliphatic carbocycles. The van der Waals surface area contributed by atoms with Gasteiger partial charge in [-0.2, -0.15) is 0 Å². The van der Waals surface area contributed by atoms with Crippen LogP contribution in [0.4, 0.5) is 10.5 Å². The first-order valence-electron chi connectivity index (χ1n) is 8.76. The first-order valence-corrected chi connectivity index (χ1v) is 8.76. The van der Waals surface area contributed by atoms with Crippen molar-refractivity contribution in [3.63, 3.8) is 0 Å². The summed E-state index contributed by atoms with van der Waals surface area (Å²) in [5.74, 6) is -1.51. The SMILES string of the molecule is CC(C)(C)OC(=O)NC(C(=O)O)C(Oc1ccccc1[N+](=O)[O-])c1ccccc1. The van der Waals surface area contributed by atoms with Gasteiger partial charge >= 0.3 is 17.7 Å². The number of benzene rings is 2. The average molecular weight is 402 g/mol. The second kappa shape index (κ2) is 9.05. The number of carboxylic acid groups (broad SMARTS) is 1. The minimum atomic E-state index is -1.56. The predicted octanol–water partition coefficient (Wildman–Crippen LogP) is 3.69. The van der Waals surface area contributed by atoms with E-state index in [1.54, 1.807) is 51.1 Å². The molecule has 2 N–H and O–H groups in total. The van der Waals surface area contributed by atoms with Crippen LogP contribution in [0.2, 0.25) is 0 Å². The van der Waals surface area contributed by atoms with Crippen LogP contribution in [0, 0.1) is 10.1 Å². The second-order valence-electron chi connectivity index (χ2n) is 7.14. The van der Waals surface area contributed by atoms with Crippen LogP contribution in [0.25, 0.3) is 0 Å². The number of para-hydroxylation sites is 2. The molecule has 1 amide bonds. The van der Waals surface area contributed by atoms with Crippen LogP contribution in [0.15, 0.2) is 54.6 Å². The van der Waals surface area contributed by atoms with Crippen molar-refractivity contribution in [3.05, 3.63) is 70.3 Å². The minimum absolute atomic E-state index is 0.122. The van der Waals surface area contributed by atoms with E-state index >= 15 is 0 Å². The van der Waals surface area contributed by atoms with Gasteiger partial charge in [0.1, 0.15) is 5.60 Å². The Bertz CT molecular complexity index is 878. The van der Waals surface area contributed by atoms with Crippen LogP contribution < -0.4 is 10.1 Å². The summed E-state index contributed by atoms with van der Waals surface area (Å²) in [6, 6.07) is 12.3. The fourth-order valence-corrected chi connectivity index (χ4v) is 2.52. The maximum Gasteiger partial charge on any atom is 0.408 e. The zero-order valence-electron chi connectivity index (χ0n) is 16.2. The highest BCUT2D eigenvalue weighted by Crippen LogP contribution is 2.32. The van der Waals surface area contributed by atoms with E-state index in [9.17, 15) is 24.8 Å². The van der Waals surface area contributed by atoms with Gasteiger partial charge in [0.2, 0.25) is 0 Å². The number of nitro benzene ring substituents is 1. The Hall–Kier alpha value is -3.62. The highest BCUT2D eigenvalue weighted by Gasteiger charge is 2.35. The Morgan fingerprint density at radius 1 is 1.07 bits per heavy atom. The number of hydrogen-bond donors (Lipinski definition) is 2. The lowest BCUT2D eigenvalue weighted by Gasteiger charge is -2.27. The summed E-state index contributed by atoms with van der Waals surface area (Å²) in [5.41, 5.74) is -0.752. The molecule has 0 saturated heterocycles. The van der Waals surface area contributed by atoms with Gasteiger partial charge in [-0.15, -0.1) is 0 Å².